The number of benzene rings is 3. The minimum absolute atomic E-state index is 0.0613. The highest BCUT2D eigenvalue weighted by Crippen LogP contribution is 2.30. The molecular formula is C30H31N3O5S. The molecule has 1 atom stereocenters. The molecule has 1 unspecified atom stereocenters. The number of aliphatic imine (C=N–C) groups is 1. The van der Waals surface area contributed by atoms with E-state index >= 15 is 0 Å². The molecule has 1 heterocycles. The zero-order chi connectivity index (χ0) is 27.8. The Labute approximate surface area is 232 Å². The molecule has 0 saturated carbocycles. The number of methoxy groups -OCH3 is 1. The van der Waals surface area contributed by atoms with Gasteiger partial charge in [-0.3, -0.25) is 14.5 Å². The van der Waals surface area contributed by atoms with E-state index in [1.165, 1.54) is 11.8 Å². The Hall–Kier alpha value is -4.11. The van der Waals surface area contributed by atoms with E-state index in [-0.39, 0.29) is 24.8 Å². The van der Waals surface area contributed by atoms with Crippen LogP contribution in [0.3, 0.4) is 0 Å². The van der Waals surface area contributed by atoms with Crippen LogP contribution in [0.25, 0.3) is 0 Å². The van der Waals surface area contributed by atoms with Crippen LogP contribution in [0.2, 0.25) is 0 Å². The van der Waals surface area contributed by atoms with Gasteiger partial charge in [0.05, 0.1) is 25.0 Å². The van der Waals surface area contributed by atoms with E-state index in [9.17, 15) is 14.4 Å². The molecule has 4 rings (SSSR count). The first-order valence-corrected chi connectivity index (χ1v) is 13.6. The number of esters is 1. The third-order valence-electron chi connectivity index (χ3n) is 6.10. The molecule has 3 aromatic rings. The van der Waals surface area contributed by atoms with Crippen LogP contribution in [0, 0.1) is 6.92 Å². The first-order valence-electron chi connectivity index (χ1n) is 12.7. The molecule has 3 aromatic carbocycles. The van der Waals surface area contributed by atoms with Crippen molar-refractivity contribution in [3.05, 3.63) is 89.5 Å². The number of ether oxygens (including phenoxy) is 2. The Morgan fingerprint density at radius 2 is 1.82 bits per heavy atom. The molecule has 1 fully saturated rings. The van der Waals surface area contributed by atoms with E-state index in [0.717, 1.165) is 16.9 Å². The van der Waals surface area contributed by atoms with Crippen LogP contribution in [-0.4, -0.2) is 53.4 Å². The van der Waals surface area contributed by atoms with Gasteiger partial charge in [-0.2, -0.15) is 0 Å². The van der Waals surface area contributed by atoms with Crippen LogP contribution >= 0.6 is 11.8 Å². The predicted octanol–water partition coefficient (Wildman–Crippen LogP) is 5.38. The smallest absolute Gasteiger partial charge is 0.338 e. The van der Waals surface area contributed by atoms with E-state index in [4.69, 9.17) is 14.5 Å². The summed E-state index contributed by atoms with van der Waals surface area (Å²) < 4.78 is 10.3. The Balaban J connectivity index is 1.55. The van der Waals surface area contributed by atoms with E-state index in [2.05, 4.69) is 5.32 Å². The number of carbonyl (C=O) groups excluding carboxylic acids is 3. The number of hydrogen-bond acceptors (Lipinski definition) is 7. The highest BCUT2D eigenvalue weighted by atomic mass is 32.2. The molecular weight excluding hydrogens is 514 g/mol. The van der Waals surface area contributed by atoms with E-state index in [1.54, 1.807) is 43.2 Å². The lowest BCUT2D eigenvalue weighted by Gasteiger charge is -2.32. The molecule has 8 nitrogen and oxygen atoms in total. The zero-order valence-corrected chi connectivity index (χ0v) is 23.0. The van der Waals surface area contributed by atoms with Crippen molar-refractivity contribution < 1.29 is 23.9 Å². The lowest BCUT2D eigenvalue weighted by Crippen LogP contribution is -2.46. The van der Waals surface area contributed by atoms with Gasteiger partial charge in [0.1, 0.15) is 11.0 Å². The second-order valence-electron chi connectivity index (χ2n) is 8.97. The van der Waals surface area contributed by atoms with Crippen LogP contribution in [0.1, 0.15) is 34.8 Å². The number of anilines is 1. The van der Waals surface area contributed by atoms with Crippen molar-refractivity contribution in [2.24, 2.45) is 4.99 Å². The van der Waals surface area contributed by atoms with Crippen LogP contribution in [0.15, 0.2) is 77.8 Å². The normalized spacial score (nSPS) is 16.2. The molecule has 1 aliphatic heterocycles. The molecule has 2 amide bonds. The van der Waals surface area contributed by atoms with Gasteiger partial charge in [-0.25, -0.2) is 9.79 Å². The number of amidine groups is 1. The van der Waals surface area contributed by atoms with E-state index in [0.29, 0.717) is 35.1 Å². The second kappa shape index (κ2) is 13.1. The minimum atomic E-state index is -0.632. The van der Waals surface area contributed by atoms with Gasteiger partial charge in [-0.15, -0.1) is 0 Å². The third kappa shape index (κ3) is 7.48. The average Bonchev–Trinajstić information content (AvgIpc) is 2.93. The lowest BCUT2D eigenvalue weighted by atomic mass is 10.1. The van der Waals surface area contributed by atoms with Gasteiger partial charge >= 0.3 is 5.97 Å². The van der Waals surface area contributed by atoms with Crippen LogP contribution in [0.5, 0.6) is 5.75 Å². The molecule has 0 bridgehead atoms. The monoisotopic (exact) mass is 545 g/mol. The molecule has 1 N–H and O–H groups in total. The molecule has 39 heavy (non-hydrogen) atoms. The van der Waals surface area contributed by atoms with Gasteiger partial charge < -0.3 is 14.8 Å². The number of thioether (sulfide) groups is 1. The lowest BCUT2D eigenvalue weighted by molar-refractivity contribution is -0.129. The van der Waals surface area contributed by atoms with Crippen molar-refractivity contribution in [2.45, 2.75) is 31.9 Å². The summed E-state index contributed by atoms with van der Waals surface area (Å²) in [6, 6.07) is 21.9. The van der Waals surface area contributed by atoms with E-state index in [1.807, 2.05) is 55.5 Å². The minimum Gasteiger partial charge on any atom is -0.497 e. The maximum Gasteiger partial charge on any atom is 0.338 e. The van der Waals surface area contributed by atoms with Crippen LogP contribution in [0.4, 0.5) is 11.4 Å². The van der Waals surface area contributed by atoms with Gasteiger partial charge in [-0.05, 0) is 79.9 Å². The van der Waals surface area contributed by atoms with Crippen LogP contribution < -0.4 is 10.1 Å². The summed E-state index contributed by atoms with van der Waals surface area (Å²) in [5.74, 6) is -0.0695. The summed E-state index contributed by atoms with van der Waals surface area (Å²) in [4.78, 5) is 44.8. The maximum absolute atomic E-state index is 13.3. The molecule has 1 saturated heterocycles. The Bertz CT molecular complexity index is 1360. The molecule has 1 aliphatic rings. The van der Waals surface area contributed by atoms with Gasteiger partial charge in [0.15, 0.2) is 5.17 Å². The van der Waals surface area contributed by atoms with Crippen molar-refractivity contribution in [3.8, 4) is 5.75 Å². The number of amides is 2. The summed E-state index contributed by atoms with van der Waals surface area (Å²) in [6.07, 6.45) is 0.670. The highest BCUT2D eigenvalue weighted by Gasteiger charge is 2.35. The first kappa shape index (κ1) is 27.9. The van der Waals surface area contributed by atoms with Crippen molar-refractivity contribution in [1.82, 2.24) is 4.90 Å². The van der Waals surface area contributed by atoms with Crippen molar-refractivity contribution >= 4 is 46.1 Å². The molecule has 202 valence electrons. The summed E-state index contributed by atoms with van der Waals surface area (Å²) >= 11 is 1.26. The number of rotatable bonds is 9. The van der Waals surface area contributed by atoms with E-state index < -0.39 is 11.2 Å². The summed E-state index contributed by atoms with van der Waals surface area (Å²) in [5.41, 5.74) is 3.74. The fraction of sp³-hybridized carbons (Fsp3) is 0.267. The first-order chi connectivity index (χ1) is 18.9. The number of nitrogens with one attached hydrogen (secondary N) is 1. The number of nitrogens with zero attached hydrogens (tertiary/aromatic N) is 2. The average molecular weight is 546 g/mol. The van der Waals surface area contributed by atoms with Crippen molar-refractivity contribution in [2.75, 3.05) is 25.6 Å². The van der Waals surface area contributed by atoms with Crippen molar-refractivity contribution in [1.29, 1.82) is 0 Å². The van der Waals surface area contributed by atoms with Gasteiger partial charge in [-0.1, -0.05) is 36.0 Å². The van der Waals surface area contributed by atoms with Gasteiger partial charge in [0.25, 0.3) is 0 Å². The maximum atomic E-state index is 13.3. The predicted molar refractivity (Wildman–Crippen MR) is 154 cm³/mol. The molecule has 0 aliphatic carbocycles. The number of carbonyl (C=O) groups is 3. The molecule has 0 radical (unpaired) electrons. The SMILES string of the molecule is CCOC(=O)c1ccc(N=C2SC(C(=O)Nc3cccc(C)c3)CC(=O)N2CCc2ccc(OC)cc2)cc1. The van der Waals surface area contributed by atoms with Gasteiger partial charge in [0.2, 0.25) is 11.8 Å². The largest absolute Gasteiger partial charge is 0.497 e. The van der Waals surface area contributed by atoms with Crippen LogP contribution in [-0.2, 0) is 20.7 Å². The third-order valence-corrected chi connectivity index (χ3v) is 7.29. The standard InChI is InChI=1S/C30H31N3O5S/c1-4-38-29(36)22-10-12-23(13-11-22)32-30-33(17-16-21-8-14-25(37-3)15-9-21)27(34)19-26(39-30)28(35)31-24-7-5-6-20(2)18-24/h5-15,18,26H,4,16-17,19H2,1-3H3,(H,31,35). The summed E-state index contributed by atoms with van der Waals surface area (Å²) in [7, 11) is 1.62. The second-order valence-corrected chi connectivity index (χ2v) is 10.1. The molecule has 9 heteroatoms. The summed E-state index contributed by atoms with van der Waals surface area (Å²) in [5, 5.41) is 2.73. The quantitative estimate of drug-likeness (QED) is 0.363. The fourth-order valence-corrected chi connectivity index (χ4v) is 5.16. The number of hydrogen-bond donors (Lipinski definition) is 1. The topological polar surface area (TPSA) is 97.3 Å². The molecule has 0 spiro atoms. The van der Waals surface area contributed by atoms with Crippen molar-refractivity contribution in [3.63, 3.8) is 0 Å². The summed E-state index contributed by atoms with van der Waals surface area (Å²) in [6.45, 7) is 4.40. The van der Waals surface area contributed by atoms with Gasteiger partial charge in [0, 0.05) is 18.7 Å². The highest BCUT2D eigenvalue weighted by molar-refractivity contribution is 8.15. The Kier molecular flexibility index (Phi) is 9.38. The number of aryl methyl sites for hydroxylation is 1. The Morgan fingerprint density at radius 1 is 1.08 bits per heavy atom. The Morgan fingerprint density at radius 3 is 2.49 bits per heavy atom. The molecule has 0 aromatic heterocycles. The fourth-order valence-electron chi connectivity index (χ4n) is 4.04. The zero-order valence-electron chi connectivity index (χ0n) is 22.2.